The van der Waals surface area contributed by atoms with Crippen LogP contribution in [0.5, 0.6) is 0 Å². The summed E-state index contributed by atoms with van der Waals surface area (Å²) < 4.78 is 0. The molecule has 0 radical (unpaired) electrons. The first-order valence-electron chi connectivity index (χ1n) is 8.10. The van der Waals surface area contributed by atoms with Crippen molar-refractivity contribution in [2.45, 2.75) is 55.4 Å². The summed E-state index contributed by atoms with van der Waals surface area (Å²) in [6.07, 6.45) is 11.6. The molecule has 0 aromatic carbocycles. The average Bonchev–Trinajstić information content (AvgIpc) is 2.47. The van der Waals surface area contributed by atoms with Crippen LogP contribution in [-0.4, -0.2) is 0 Å². The Balaban J connectivity index is -0.000000111. The van der Waals surface area contributed by atoms with Gasteiger partial charge in [-0.2, -0.15) is 0 Å². The topological polar surface area (TPSA) is 0 Å². The Morgan fingerprint density at radius 3 is 1.17 bits per heavy atom. The van der Waals surface area contributed by atoms with Crippen molar-refractivity contribution in [3.8, 4) is 0 Å². The van der Waals surface area contributed by atoms with Crippen molar-refractivity contribution >= 4 is 0 Å². The molecule has 0 aliphatic carbocycles. The van der Waals surface area contributed by atoms with Crippen molar-refractivity contribution < 1.29 is 0 Å². The third-order valence-electron chi connectivity index (χ3n) is 2.41. The third kappa shape index (κ3) is 50.2. The first-order valence-corrected chi connectivity index (χ1v) is 8.10. The molecule has 0 heterocycles. The lowest BCUT2D eigenvalue weighted by Crippen LogP contribution is -1.67. The van der Waals surface area contributed by atoms with Crippen LogP contribution in [0, 0.1) is 0 Å². The van der Waals surface area contributed by atoms with Gasteiger partial charge in [0.05, 0.1) is 0 Å². The maximum atomic E-state index is 3.66. The van der Waals surface area contributed by atoms with E-state index in [4.69, 9.17) is 0 Å². The lowest BCUT2D eigenvalue weighted by atomic mass is 10.2. The van der Waals surface area contributed by atoms with Gasteiger partial charge in [0.2, 0.25) is 0 Å². The molecule has 0 nitrogen and oxygen atoms in total. The zero-order valence-corrected chi connectivity index (χ0v) is 17.5. The van der Waals surface area contributed by atoms with Gasteiger partial charge in [0.15, 0.2) is 0 Å². The quantitative estimate of drug-likeness (QED) is 0.453. The number of hydrogen-bond donors (Lipinski definition) is 0. The monoisotopic (exact) mass is 328 g/mol. The maximum Gasteiger partial charge on any atom is -0.0401 e. The summed E-state index contributed by atoms with van der Waals surface area (Å²) in [6.45, 7) is 34.0. The van der Waals surface area contributed by atoms with E-state index in [1.807, 2.05) is 85.8 Å². The van der Waals surface area contributed by atoms with Crippen molar-refractivity contribution in [2.75, 3.05) is 0 Å². The van der Waals surface area contributed by atoms with Crippen molar-refractivity contribution in [1.82, 2.24) is 0 Å². The molecule has 0 bridgehead atoms. The lowest BCUT2D eigenvalue weighted by Gasteiger charge is -1.88. The summed E-state index contributed by atoms with van der Waals surface area (Å²) >= 11 is 0. The van der Waals surface area contributed by atoms with E-state index < -0.39 is 0 Å². The summed E-state index contributed by atoms with van der Waals surface area (Å²) in [7, 11) is 0. The van der Waals surface area contributed by atoms with Gasteiger partial charge >= 0.3 is 0 Å². The van der Waals surface area contributed by atoms with Crippen LogP contribution in [0.2, 0.25) is 0 Å². The molecular formula is C24H40. The highest BCUT2D eigenvalue weighted by Crippen LogP contribution is 1.98. The van der Waals surface area contributed by atoms with E-state index in [0.717, 1.165) is 16.7 Å². The molecule has 0 saturated carbocycles. The van der Waals surface area contributed by atoms with Gasteiger partial charge in [-0.1, -0.05) is 97.2 Å². The van der Waals surface area contributed by atoms with Gasteiger partial charge in [0.25, 0.3) is 0 Å². The van der Waals surface area contributed by atoms with Gasteiger partial charge in [-0.25, -0.2) is 0 Å². The largest absolute Gasteiger partial charge is 0.0991 e. The minimum absolute atomic E-state index is 1.06. The van der Waals surface area contributed by atoms with Crippen LogP contribution in [-0.2, 0) is 0 Å². The molecule has 0 spiro atoms. The SMILES string of the molecule is C=C(C)C(=C)C.C=C(C)C=CC.C=CC(C)=CC.C=CC=C(C)C. The summed E-state index contributed by atoms with van der Waals surface area (Å²) in [5, 5.41) is 0. The Bertz CT molecular complexity index is 446. The van der Waals surface area contributed by atoms with Crippen LogP contribution >= 0.6 is 0 Å². The average molecular weight is 329 g/mol. The zero-order valence-electron chi connectivity index (χ0n) is 17.5. The van der Waals surface area contributed by atoms with Gasteiger partial charge in [-0.05, 0) is 55.4 Å². The molecule has 0 N–H and O–H groups in total. The maximum absolute atomic E-state index is 3.66. The van der Waals surface area contributed by atoms with Crippen LogP contribution < -0.4 is 0 Å². The van der Waals surface area contributed by atoms with E-state index in [1.165, 1.54) is 11.1 Å². The molecule has 0 rings (SSSR count). The molecule has 0 saturated heterocycles. The highest BCUT2D eigenvalue weighted by Gasteiger charge is 1.77. The van der Waals surface area contributed by atoms with Crippen LogP contribution in [0.4, 0.5) is 0 Å². The van der Waals surface area contributed by atoms with Crippen molar-refractivity contribution in [2.24, 2.45) is 0 Å². The summed E-state index contributed by atoms with van der Waals surface area (Å²) in [5.74, 6) is 0. The molecule has 0 fully saturated rings. The first-order chi connectivity index (χ1) is 11.0. The molecular weight excluding hydrogens is 288 g/mol. The standard InChI is InChI=1S/4C6H10/c1-5(2)6(3)4;2*1-4-5-6(2)3;1-4-6(3)5-2/h1,3H2,2,4H3;4-5H,2H2,1,3H3;2*4-5H,1H2,2-3H3. The molecule has 0 aliphatic heterocycles. The Kier molecular flexibility index (Phi) is 28.9. The minimum Gasteiger partial charge on any atom is -0.0991 e. The Hall–Kier alpha value is -2.08. The van der Waals surface area contributed by atoms with Crippen LogP contribution in [0.3, 0.4) is 0 Å². The Morgan fingerprint density at radius 1 is 0.750 bits per heavy atom. The fourth-order valence-corrected chi connectivity index (χ4v) is 0.638. The second kappa shape index (κ2) is 23.2. The van der Waals surface area contributed by atoms with E-state index >= 15 is 0 Å². The van der Waals surface area contributed by atoms with Gasteiger partial charge in [-0.15, -0.1) is 0 Å². The Morgan fingerprint density at radius 2 is 1.17 bits per heavy atom. The van der Waals surface area contributed by atoms with Crippen LogP contribution in [0.1, 0.15) is 55.4 Å². The number of hydrogen-bond acceptors (Lipinski definition) is 0. The minimum atomic E-state index is 1.06. The van der Waals surface area contributed by atoms with E-state index in [9.17, 15) is 0 Å². The third-order valence-corrected chi connectivity index (χ3v) is 2.41. The molecule has 0 aromatic rings. The van der Waals surface area contributed by atoms with E-state index in [2.05, 4.69) is 32.9 Å². The summed E-state index contributed by atoms with van der Waals surface area (Å²) in [5.41, 5.74) is 5.77. The lowest BCUT2D eigenvalue weighted by molar-refractivity contribution is 1.39. The highest BCUT2D eigenvalue weighted by atomic mass is 13.8. The van der Waals surface area contributed by atoms with Crippen molar-refractivity contribution in [3.05, 3.63) is 97.2 Å². The molecule has 0 atom stereocenters. The van der Waals surface area contributed by atoms with Crippen molar-refractivity contribution in [1.29, 1.82) is 0 Å². The predicted molar refractivity (Wildman–Crippen MR) is 119 cm³/mol. The number of rotatable bonds is 4. The molecule has 136 valence electrons. The van der Waals surface area contributed by atoms with Gasteiger partial charge in [0, 0.05) is 0 Å². The van der Waals surface area contributed by atoms with Crippen LogP contribution in [0.25, 0.3) is 0 Å². The normalized spacial score (nSPS) is 8.92. The number of allylic oxidation sites excluding steroid dienone is 11. The second-order valence-corrected chi connectivity index (χ2v) is 5.62. The molecule has 0 amide bonds. The van der Waals surface area contributed by atoms with Crippen molar-refractivity contribution in [3.63, 3.8) is 0 Å². The predicted octanol–water partition coefficient (Wildman–Crippen LogP) is 8.55. The van der Waals surface area contributed by atoms with Crippen LogP contribution in [0.15, 0.2) is 97.2 Å². The molecule has 0 heteroatoms. The molecule has 0 aliphatic rings. The first kappa shape index (κ1) is 29.9. The fourth-order valence-electron chi connectivity index (χ4n) is 0.638. The molecule has 24 heavy (non-hydrogen) atoms. The van der Waals surface area contributed by atoms with E-state index in [-0.39, 0.29) is 0 Å². The second-order valence-electron chi connectivity index (χ2n) is 5.62. The van der Waals surface area contributed by atoms with Gasteiger partial charge in [0.1, 0.15) is 0 Å². The Labute approximate surface area is 153 Å². The molecule has 0 aromatic heterocycles. The molecule has 0 unspecified atom stereocenters. The highest BCUT2D eigenvalue weighted by molar-refractivity contribution is 5.19. The zero-order chi connectivity index (χ0) is 20.1. The van der Waals surface area contributed by atoms with E-state index in [0.29, 0.717) is 0 Å². The van der Waals surface area contributed by atoms with Gasteiger partial charge < -0.3 is 0 Å². The smallest absolute Gasteiger partial charge is 0.0401 e. The fraction of sp³-hybridized carbons (Fsp3) is 0.333. The van der Waals surface area contributed by atoms with Gasteiger partial charge in [-0.3, -0.25) is 0 Å². The summed E-state index contributed by atoms with van der Waals surface area (Å²) in [4.78, 5) is 0. The van der Waals surface area contributed by atoms with E-state index in [1.54, 1.807) is 6.08 Å². The summed E-state index contributed by atoms with van der Waals surface area (Å²) in [6, 6.07) is 0.